The Morgan fingerprint density at radius 3 is 2.66 bits per heavy atom. The second kappa shape index (κ2) is 11.2. The summed E-state index contributed by atoms with van der Waals surface area (Å²) in [5.74, 6) is 1.97. The Hall–Kier alpha value is -3.90. The lowest BCUT2D eigenvalue weighted by Crippen LogP contribution is -2.56. The van der Waals surface area contributed by atoms with E-state index in [2.05, 4.69) is 63.7 Å². The Balaban J connectivity index is 1.24. The van der Waals surface area contributed by atoms with Crippen molar-refractivity contribution in [1.29, 1.82) is 5.26 Å². The first-order valence-corrected chi connectivity index (χ1v) is 16.2. The van der Waals surface area contributed by atoms with Crippen LogP contribution in [0, 0.1) is 11.3 Å². The average Bonchev–Trinajstić information content (AvgIpc) is 3.64. The van der Waals surface area contributed by atoms with Crippen molar-refractivity contribution in [2.75, 3.05) is 42.5 Å². The van der Waals surface area contributed by atoms with Gasteiger partial charge in [-0.05, 0) is 70.9 Å². The Morgan fingerprint density at radius 1 is 1.09 bits per heavy atom. The molecule has 3 aliphatic heterocycles. The number of hydrogen-bond donors (Lipinski definition) is 1. The Morgan fingerprint density at radius 2 is 1.91 bits per heavy atom. The number of carbonyl (C=O) groups is 1. The van der Waals surface area contributed by atoms with E-state index >= 15 is 0 Å². The number of hydrogen-bond acceptors (Lipinski definition) is 8. The van der Waals surface area contributed by atoms with Crippen molar-refractivity contribution in [1.82, 2.24) is 20.2 Å². The first-order valence-electron chi connectivity index (χ1n) is 16.2. The summed E-state index contributed by atoms with van der Waals surface area (Å²) in [4.78, 5) is 30.4. The van der Waals surface area contributed by atoms with E-state index in [-0.39, 0.29) is 24.0 Å². The fraction of sp³-hybridized carbons (Fsp3) is 0.543. The zero-order chi connectivity index (χ0) is 30.5. The summed E-state index contributed by atoms with van der Waals surface area (Å²) in [6.07, 6.45) is 5.33. The van der Waals surface area contributed by atoms with Gasteiger partial charge in [-0.2, -0.15) is 5.26 Å². The van der Waals surface area contributed by atoms with E-state index in [0.717, 1.165) is 62.7 Å². The van der Waals surface area contributed by atoms with E-state index < -0.39 is 5.60 Å². The summed E-state index contributed by atoms with van der Waals surface area (Å²) in [5, 5.41) is 16.0. The van der Waals surface area contributed by atoms with Crippen molar-refractivity contribution in [3.8, 4) is 6.07 Å². The molecule has 44 heavy (non-hydrogen) atoms. The van der Waals surface area contributed by atoms with Crippen LogP contribution >= 0.6 is 0 Å². The highest BCUT2D eigenvalue weighted by Crippen LogP contribution is 2.52. The second-order valence-corrected chi connectivity index (χ2v) is 13.9. The highest BCUT2D eigenvalue weighted by Gasteiger charge is 2.54. The summed E-state index contributed by atoms with van der Waals surface area (Å²) in [7, 11) is 0. The van der Waals surface area contributed by atoms with Crippen LogP contribution in [0.25, 0.3) is 10.8 Å². The number of ether oxygens (including phenoxy) is 1. The zero-order valence-corrected chi connectivity index (χ0v) is 26.2. The lowest BCUT2D eigenvalue weighted by molar-refractivity contribution is 0.0144. The van der Waals surface area contributed by atoms with Gasteiger partial charge in [-0.15, -0.1) is 0 Å². The number of piperazine rings is 1. The van der Waals surface area contributed by atoms with Crippen LogP contribution in [0.5, 0.6) is 0 Å². The number of aromatic nitrogens is 2. The van der Waals surface area contributed by atoms with Gasteiger partial charge < -0.3 is 24.8 Å². The van der Waals surface area contributed by atoms with Gasteiger partial charge in [-0.3, -0.25) is 0 Å². The van der Waals surface area contributed by atoms with Gasteiger partial charge in [0.1, 0.15) is 17.2 Å². The highest BCUT2D eigenvalue weighted by molar-refractivity contribution is 5.94. The van der Waals surface area contributed by atoms with Gasteiger partial charge in [0.05, 0.1) is 30.8 Å². The standard InChI is InChI=1S/C35H43N7O2/c1-34(2,3)44-33(43)42-21-20-41(22-25(42)13-17-36)31-27-14-19-40(29-11-6-9-24-8-4-5-10-26(24)29)23-28(27)38-32(39-31)35(15-16-35)30-12-7-18-37-30/h4-6,8-11,25,30,37H,7,12-16,18-23H2,1-3H3/t25-,30+/m0/s1. The SMILES string of the molecule is CC(C)(C)OC(=O)N1CCN(c2nc(C3([C@H]4CCCN4)CC3)nc3c2CCN(c2cccc4ccccc24)C3)C[C@@H]1CC#N. The molecule has 1 aromatic heterocycles. The van der Waals surface area contributed by atoms with Gasteiger partial charge in [0.25, 0.3) is 0 Å². The number of benzene rings is 2. The van der Waals surface area contributed by atoms with Crippen molar-refractivity contribution in [3.05, 3.63) is 59.5 Å². The first kappa shape index (κ1) is 28.8. The predicted octanol–water partition coefficient (Wildman–Crippen LogP) is 5.32. The lowest BCUT2D eigenvalue weighted by Gasteiger charge is -2.43. The van der Waals surface area contributed by atoms with Crippen molar-refractivity contribution in [2.45, 2.75) is 88.9 Å². The number of nitrogens with one attached hydrogen (secondary N) is 1. The molecule has 0 radical (unpaired) electrons. The van der Waals surface area contributed by atoms with E-state index in [4.69, 9.17) is 14.7 Å². The minimum Gasteiger partial charge on any atom is -0.444 e. The Kier molecular flexibility index (Phi) is 7.36. The molecule has 0 spiro atoms. The van der Waals surface area contributed by atoms with Gasteiger partial charge in [-0.1, -0.05) is 36.4 Å². The molecule has 9 heteroatoms. The maximum atomic E-state index is 13.1. The van der Waals surface area contributed by atoms with Crippen LogP contribution in [0.2, 0.25) is 0 Å². The molecule has 9 nitrogen and oxygen atoms in total. The van der Waals surface area contributed by atoms with E-state index in [1.807, 2.05) is 20.8 Å². The van der Waals surface area contributed by atoms with Crippen molar-refractivity contribution in [2.24, 2.45) is 0 Å². The molecule has 1 amide bonds. The summed E-state index contributed by atoms with van der Waals surface area (Å²) in [6.45, 7) is 10.00. The number of amides is 1. The number of fused-ring (bicyclic) bond motifs is 2. The summed E-state index contributed by atoms with van der Waals surface area (Å²) in [5.41, 5.74) is 2.97. The molecule has 2 aromatic carbocycles. The van der Waals surface area contributed by atoms with Crippen molar-refractivity contribution in [3.63, 3.8) is 0 Å². The number of nitrogens with zero attached hydrogens (tertiary/aromatic N) is 6. The number of rotatable bonds is 5. The van der Waals surface area contributed by atoms with Crippen LogP contribution < -0.4 is 15.1 Å². The predicted molar refractivity (Wildman–Crippen MR) is 172 cm³/mol. The minimum atomic E-state index is -0.588. The van der Waals surface area contributed by atoms with E-state index in [1.165, 1.54) is 28.4 Å². The van der Waals surface area contributed by atoms with E-state index in [0.29, 0.717) is 25.7 Å². The van der Waals surface area contributed by atoms with E-state index in [9.17, 15) is 10.1 Å². The molecule has 2 saturated heterocycles. The largest absolute Gasteiger partial charge is 0.444 e. The van der Waals surface area contributed by atoms with Crippen LogP contribution in [0.15, 0.2) is 42.5 Å². The van der Waals surface area contributed by atoms with Crippen LogP contribution in [0.4, 0.5) is 16.3 Å². The Labute approximate surface area is 260 Å². The fourth-order valence-electron chi connectivity index (χ4n) is 7.49. The summed E-state index contributed by atoms with van der Waals surface area (Å²) in [6, 6.07) is 17.6. The maximum Gasteiger partial charge on any atom is 0.410 e. The highest BCUT2D eigenvalue weighted by atomic mass is 16.6. The quantitative estimate of drug-likeness (QED) is 0.425. The third-order valence-electron chi connectivity index (χ3n) is 9.85. The van der Waals surface area contributed by atoms with Gasteiger partial charge >= 0.3 is 6.09 Å². The minimum absolute atomic E-state index is 0.00755. The third kappa shape index (κ3) is 5.34. The first-order chi connectivity index (χ1) is 21.3. The third-order valence-corrected chi connectivity index (χ3v) is 9.85. The average molecular weight is 594 g/mol. The number of nitriles is 1. The van der Waals surface area contributed by atoms with Crippen LogP contribution in [0.1, 0.15) is 70.0 Å². The molecule has 2 atom stereocenters. The van der Waals surface area contributed by atoms with Crippen LogP contribution in [0.3, 0.4) is 0 Å². The molecule has 230 valence electrons. The van der Waals surface area contributed by atoms with Crippen LogP contribution in [-0.4, -0.2) is 71.4 Å². The molecule has 4 aliphatic rings. The normalized spacial score (nSPS) is 22.9. The maximum absolute atomic E-state index is 13.1. The van der Waals surface area contributed by atoms with Crippen molar-refractivity contribution < 1.29 is 9.53 Å². The summed E-state index contributed by atoms with van der Waals surface area (Å²) < 4.78 is 5.72. The molecule has 3 fully saturated rings. The topological polar surface area (TPSA) is 97.6 Å². The van der Waals surface area contributed by atoms with Crippen molar-refractivity contribution >= 4 is 28.4 Å². The fourth-order valence-corrected chi connectivity index (χ4v) is 7.49. The zero-order valence-electron chi connectivity index (χ0n) is 26.2. The number of anilines is 2. The monoisotopic (exact) mass is 593 g/mol. The molecule has 7 rings (SSSR count). The Bertz CT molecular complexity index is 1590. The van der Waals surface area contributed by atoms with Gasteiger partial charge in [0.15, 0.2) is 0 Å². The van der Waals surface area contributed by atoms with Gasteiger partial charge in [-0.25, -0.2) is 14.8 Å². The molecule has 1 saturated carbocycles. The van der Waals surface area contributed by atoms with Gasteiger partial charge in [0.2, 0.25) is 0 Å². The van der Waals surface area contributed by atoms with E-state index in [1.54, 1.807) is 4.90 Å². The second-order valence-electron chi connectivity index (χ2n) is 13.9. The lowest BCUT2D eigenvalue weighted by atomic mass is 9.93. The molecular weight excluding hydrogens is 550 g/mol. The summed E-state index contributed by atoms with van der Waals surface area (Å²) >= 11 is 0. The molecule has 1 N–H and O–H groups in total. The van der Waals surface area contributed by atoms with Crippen LogP contribution in [-0.2, 0) is 23.1 Å². The molecule has 1 aliphatic carbocycles. The molecule has 0 unspecified atom stereocenters. The molecule has 4 heterocycles. The number of carbonyl (C=O) groups excluding carboxylic acids is 1. The molecule has 0 bridgehead atoms. The smallest absolute Gasteiger partial charge is 0.410 e. The van der Waals surface area contributed by atoms with Gasteiger partial charge in [0, 0.05) is 54.3 Å². The molecular formula is C35H43N7O2. The molecule has 3 aromatic rings.